The SMILES string of the molecule is CCC(NC1CCCCC1C)C(O)c1ccc(C)c(C)c1. The first-order chi connectivity index (χ1) is 10.0. The Kier molecular flexibility index (Phi) is 5.83. The number of benzene rings is 1. The van der Waals surface area contributed by atoms with Gasteiger partial charge in [-0.3, -0.25) is 0 Å². The van der Waals surface area contributed by atoms with Gasteiger partial charge >= 0.3 is 0 Å². The molecule has 2 heteroatoms. The fraction of sp³-hybridized carbons (Fsp3) is 0.684. The molecule has 1 aliphatic carbocycles. The highest BCUT2D eigenvalue weighted by atomic mass is 16.3. The van der Waals surface area contributed by atoms with Crippen LogP contribution in [0.3, 0.4) is 0 Å². The highest BCUT2D eigenvalue weighted by molar-refractivity contribution is 5.31. The molecule has 21 heavy (non-hydrogen) atoms. The molecular weight excluding hydrogens is 258 g/mol. The molecule has 1 fully saturated rings. The van der Waals surface area contributed by atoms with E-state index in [2.05, 4.69) is 51.2 Å². The first kappa shape index (κ1) is 16.5. The summed E-state index contributed by atoms with van der Waals surface area (Å²) < 4.78 is 0. The molecule has 0 radical (unpaired) electrons. The van der Waals surface area contributed by atoms with Gasteiger partial charge in [-0.1, -0.05) is 44.9 Å². The van der Waals surface area contributed by atoms with Crippen LogP contribution in [0.2, 0.25) is 0 Å². The Bertz CT molecular complexity index is 457. The van der Waals surface area contributed by atoms with Crippen LogP contribution in [0.1, 0.15) is 68.7 Å². The lowest BCUT2D eigenvalue weighted by Gasteiger charge is -2.35. The second-order valence-electron chi connectivity index (χ2n) is 6.84. The number of rotatable bonds is 5. The van der Waals surface area contributed by atoms with Crippen LogP contribution in [0, 0.1) is 19.8 Å². The first-order valence-corrected chi connectivity index (χ1v) is 8.54. The fourth-order valence-electron chi connectivity index (χ4n) is 3.45. The van der Waals surface area contributed by atoms with Crippen LogP contribution in [0.25, 0.3) is 0 Å². The lowest BCUT2D eigenvalue weighted by Crippen LogP contribution is -2.46. The van der Waals surface area contributed by atoms with Crippen LogP contribution in [0.15, 0.2) is 18.2 Å². The van der Waals surface area contributed by atoms with Crippen molar-refractivity contribution in [3.63, 3.8) is 0 Å². The Morgan fingerprint density at radius 1 is 1.19 bits per heavy atom. The Morgan fingerprint density at radius 3 is 2.52 bits per heavy atom. The Labute approximate surface area is 130 Å². The van der Waals surface area contributed by atoms with Gasteiger partial charge < -0.3 is 10.4 Å². The number of aliphatic hydroxyl groups is 1. The summed E-state index contributed by atoms with van der Waals surface area (Å²) in [5.74, 6) is 0.722. The second kappa shape index (κ2) is 7.42. The zero-order valence-corrected chi connectivity index (χ0v) is 14.0. The summed E-state index contributed by atoms with van der Waals surface area (Å²) >= 11 is 0. The highest BCUT2D eigenvalue weighted by Gasteiger charge is 2.27. The zero-order chi connectivity index (χ0) is 15.4. The van der Waals surface area contributed by atoms with Gasteiger partial charge in [0.25, 0.3) is 0 Å². The van der Waals surface area contributed by atoms with Gasteiger partial charge in [0.05, 0.1) is 6.10 Å². The Hall–Kier alpha value is -0.860. The van der Waals surface area contributed by atoms with Gasteiger partial charge in [0.15, 0.2) is 0 Å². The smallest absolute Gasteiger partial charge is 0.0943 e. The van der Waals surface area contributed by atoms with Gasteiger partial charge in [0.2, 0.25) is 0 Å². The molecule has 0 aliphatic heterocycles. The van der Waals surface area contributed by atoms with E-state index >= 15 is 0 Å². The molecule has 0 aromatic heterocycles. The van der Waals surface area contributed by atoms with Gasteiger partial charge in [-0.25, -0.2) is 0 Å². The van der Waals surface area contributed by atoms with Gasteiger partial charge in [-0.05, 0) is 55.7 Å². The maximum absolute atomic E-state index is 10.8. The molecule has 1 aliphatic rings. The summed E-state index contributed by atoms with van der Waals surface area (Å²) in [4.78, 5) is 0. The summed E-state index contributed by atoms with van der Waals surface area (Å²) in [5.41, 5.74) is 3.58. The van der Waals surface area contributed by atoms with E-state index in [4.69, 9.17) is 0 Å². The van der Waals surface area contributed by atoms with Crippen molar-refractivity contribution in [1.82, 2.24) is 5.32 Å². The van der Waals surface area contributed by atoms with Crippen LogP contribution in [0.4, 0.5) is 0 Å². The molecule has 0 heterocycles. The van der Waals surface area contributed by atoms with Crippen LogP contribution in [0.5, 0.6) is 0 Å². The predicted octanol–water partition coefficient (Wildman–Crippen LogP) is 4.28. The van der Waals surface area contributed by atoms with Crippen molar-refractivity contribution in [3.8, 4) is 0 Å². The first-order valence-electron chi connectivity index (χ1n) is 8.54. The summed E-state index contributed by atoms with van der Waals surface area (Å²) in [6.45, 7) is 8.73. The minimum atomic E-state index is -0.413. The van der Waals surface area contributed by atoms with Gasteiger partial charge in [-0.15, -0.1) is 0 Å². The maximum Gasteiger partial charge on any atom is 0.0943 e. The molecule has 118 valence electrons. The standard InChI is InChI=1S/C19H31NO/c1-5-17(20-18-9-7-6-8-14(18)3)19(21)16-11-10-13(2)15(4)12-16/h10-12,14,17-21H,5-9H2,1-4H3. The van der Waals surface area contributed by atoms with E-state index in [0.717, 1.165) is 17.9 Å². The van der Waals surface area contributed by atoms with E-state index in [1.165, 1.54) is 36.8 Å². The van der Waals surface area contributed by atoms with Crippen molar-refractivity contribution in [2.45, 2.75) is 78.0 Å². The number of aryl methyl sites for hydroxylation is 2. The molecule has 1 saturated carbocycles. The topological polar surface area (TPSA) is 32.3 Å². The normalized spacial score (nSPS) is 25.6. The van der Waals surface area contributed by atoms with Crippen LogP contribution in [-0.2, 0) is 0 Å². The molecule has 4 atom stereocenters. The van der Waals surface area contributed by atoms with Crippen LogP contribution in [-0.4, -0.2) is 17.2 Å². The number of nitrogens with one attached hydrogen (secondary N) is 1. The molecule has 2 N–H and O–H groups in total. The Balaban J connectivity index is 2.06. The lowest BCUT2D eigenvalue weighted by molar-refractivity contribution is 0.106. The molecule has 1 aromatic carbocycles. The van der Waals surface area contributed by atoms with Gasteiger partial charge in [0, 0.05) is 12.1 Å². The molecule has 2 rings (SSSR count). The maximum atomic E-state index is 10.8. The average Bonchev–Trinajstić information content (AvgIpc) is 2.48. The molecule has 2 nitrogen and oxygen atoms in total. The number of aliphatic hydroxyl groups excluding tert-OH is 1. The summed E-state index contributed by atoms with van der Waals surface area (Å²) in [7, 11) is 0. The lowest BCUT2D eigenvalue weighted by atomic mass is 9.84. The molecule has 0 amide bonds. The minimum Gasteiger partial charge on any atom is -0.387 e. The monoisotopic (exact) mass is 289 g/mol. The Morgan fingerprint density at radius 2 is 1.90 bits per heavy atom. The van der Waals surface area contributed by atoms with Crippen LogP contribution < -0.4 is 5.32 Å². The highest BCUT2D eigenvalue weighted by Crippen LogP contribution is 2.27. The van der Waals surface area contributed by atoms with E-state index in [1.54, 1.807) is 0 Å². The van der Waals surface area contributed by atoms with Crippen molar-refractivity contribution in [2.24, 2.45) is 5.92 Å². The quantitative estimate of drug-likeness (QED) is 0.848. The van der Waals surface area contributed by atoms with E-state index in [0.29, 0.717) is 6.04 Å². The molecule has 1 aromatic rings. The van der Waals surface area contributed by atoms with Crippen molar-refractivity contribution in [1.29, 1.82) is 0 Å². The van der Waals surface area contributed by atoms with Crippen molar-refractivity contribution < 1.29 is 5.11 Å². The largest absolute Gasteiger partial charge is 0.387 e. The average molecular weight is 289 g/mol. The van der Waals surface area contributed by atoms with Crippen molar-refractivity contribution in [3.05, 3.63) is 34.9 Å². The third-order valence-corrected chi connectivity index (χ3v) is 5.23. The van der Waals surface area contributed by atoms with Crippen molar-refractivity contribution >= 4 is 0 Å². The van der Waals surface area contributed by atoms with E-state index in [-0.39, 0.29) is 6.04 Å². The molecule has 4 unspecified atom stereocenters. The summed E-state index contributed by atoms with van der Waals surface area (Å²) in [6, 6.07) is 7.03. The minimum absolute atomic E-state index is 0.151. The van der Waals surface area contributed by atoms with E-state index in [9.17, 15) is 5.11 Å². The number of hydrogen-bond donors (Lipinski definition) is 2. The fourth-order valence-corrected chi connectivity index (χ4v) is 3.45. The summed E-state index contributed by atoms with van der Waals surface area (Å²) in [6.07, 6.45) is 5.78. The predicted molar refractivity (Wildman–Crippen MR) is 89.5 cm³/mol. The molecule has 0 spiro atoms. The molecule has 0 bridgehead atoms. The third-order valence-electron chi connectivity index (χ3n) is 5.23. The zero-order valence-electron chi connectivity index (χ0n) is 14.0. The number of hydrogen-bond acceptors (Lipinski definition) is 2. The van der Waals surface area contributed by atoms with E-state index < -0.39 is 6.10 Å². The second-order valence-corrected chi connectivity index (χ2v) is 6.84. The van der Waals surface area contributed by atoms with Gasteiger partial charge in [0.1, 0.15) is 0 Å². The van der Waals surface area contributed by atoms with Crippen LogP contribution >= 0.6 is 0 Å². The third kappa shape index (κ3) is 4.08. The summed E-state index contributed by atoms with van der Waals surface area (Å²) in [5, 5.41) is 14.5. The molecule has 0 saturated heterocycles. The molecular formula is C19H31NO. The van der Waals surface area contributed by atoms with E-state index in [1.807, 2.05) is 0 Å². The van der Waals surface area contributed by atoms with Gasteiger partial charge in [-0.2, -0.15) is 0 Å². The van der Waals surface area contributed by atoms with Crippen molar-refractivity contribution in [2.75, 3.05) is 0 Å².